The fraction of sp³-hybridized carbons (Fsp3) is 0.562. The van der Waals surface area contributed by atoms with Crippen molar-refractivity contribution in [2.24, 2.45) is 0 Å². The van der Waals surface area contributed by atoms with Crippen LogP contribution in [0.1, 0.15) is 54.6 Å². The number of rotatable bonds is 4. The summed E-state index contributed by atoms with van der Waals surface area (Å²) in [6.45, 7) is 10.6. The van der Waals surface area contributed by atoms with Gasteiger partial charge in [0.2, 0.25) is 0 Å². The lowest BCUT2D eigenvalue weighted by Gasteiger charge is -2.15. The van der Waals surface area contributed by atoms with E-state index in [1.165, 1.54) is 16.3 Å². The molecule has 0 spiro atoms. The zero-order chi connectivity index (χ0) is 14.9. The number of hydrogen-bond donors (Lipinski definition) is 1. The Labute approximate surface area is 125 Å². The molecule has 0 aliphatic heterocycles. The minimum Gasteiger partial charge on any atom is -0.466 e. The molecule has 2 rings (SSSR count). The van der Waals surface area contributed by atoms with Crippen LogP contribution in [0.3, 0.4) is 0 Å². The highest BCUT2D eigenvalue weighted by atomic mass is 32.1. The number of likely N-dealkylation sites (N-methyl/N-ethyl adjacent to an activating group) is 1. The molecule has 0 amide bonds. The van der Waals surface area contributed by atoms with Gasteiger partial charge in [-0.3, -0.25) is 0 Å². The molecule has 0 fully saturated rings. The summed E-state index contributed by atoms with van der Waals surface area (Å²) < 4.78 is 5.64. The van der Waals surface area contributed by atoms with Crippen LogP contribution >= 0.6 is 11.3 Å². The Morgan fingerprint density at radius 1 is 1.35 bits per heavy atom. The smallest absolute Gasteiger partial charge is 0.105 e. The maximum Gasteiger partial charge on any atom is 0.105 e. The lowest BCUT2D eigenvalue weighted by atomic mass is 9.93. The van der Waals surface area contributed by atoms with Crippen molar-refractivity contribution in [3.8, 4) is 0 Å². The van der Waals surface area contributed by atoms with Crippen LogP contribution in [0.5, 0.6) is 0 Å². The van der Waals surface area contributed by atoms with Gasteiger partial charge in [0.15, 0.2) is 0 Å². The van der Waals surface area contributed by atoms with Gasteiger partial charge in [-0.05, 0) is 27.0 Å². The first kappa shape index (κ1) is 15.3. The number of nitrogens with one attached hydrogen (secondary N) is 1. The van der Waals surface area contributed by atoms with E-state index in [9.17, 15) is 0 Å². The standard InChI is InChI=1S/C16H24N2OS/c1-10-7-12(11(2)19-10)13(17-6)8-15-18-14(9-20-15)16(3,4)5/h7,9,13,17H,8H2,1-6H3. The van der Waals surface area contributed by atoms with Gasteiger partial charge in [0, 0.05) is 28.8 Å². The fourth-order valence-corrected chi connectivity index (χ4v) is 3.36. The third kappa shape index (κ3) is 3.30. The molecular weight excluding hydrogens is 268 g/mol. The predicted octanol–water partition coefficient (Wildman–Crippen LogP) is 4.15. The Kier molecular flexibility index (Phi) is 4.35. The second kappa shape index (κ2) is 5.70. The van der Waals surface area contributed by atoms with Crippen LogP contribution in [0, 0.1) is 13.8 Å². The van der Waals surface area contributed by atoms with Gasteiger partial charge >= 0.3 is 0 Å². The largest absolute Gasteiger partial charge is 0.466 e. The molecule has 2 aromatic heterocycles. The molecule has 0 aliphatic rings. The Balaban J connectivity index is 2.19. The Morgan fingerprint density at radius 3 is 2.50 bits per heavy atom. The minimum atomic E-state index is 0.117. The highest BCUT2D eigenvalue weighted by molar-refractivity contribution is 7.09. The first-order valence-corrected chi connectivity index (χ1v) is 7.88. The van der Waals surface area contributed by atoms with E-state index in [1.807, 2.05) is 20.9 Å². The number of nitrogens with zero attached hydrogens (tertiary/aromatic N) is 1. The minimum absolute atomic E-state index is 0.117. The van der Waals surface area contributed by atoms with Gasteiger partial charge in [-0.25, -0.2) is 4.98 Å². The maximum absolute atomic E-state index is 5.64. The van der Waals surface area contributed by atoms with Crippen molar-refractivity contribution in [3.63, 3.8) is 0 Å². The molecule has 2 heterocycles. The van der Waals surface area contributed by atoms with Crippen LogP contribution in [-0.2, 0) is 11.8 Å². The number of hydrogen-bond acceptors (Lipinski definition) is 4. The summed E-state index contributed by atoms with van der Waals surface area (Å²) in [5.41, 5.74) is 2.52. The number of thiazole rings is 1. The van der Waals surface area contributed by atoms with Gasteiger partial charge in [-0.2, -0.15) is 0 Å². The predicted molar refractivity (Wildman–Crippen MR) is 84.5 cm³/mol. The first-order chi connectivity index (χ1) is 9.31. The van der Waals surface area contributed by atoms with E-state index in [0.717, 1.165) is 17.9 Å². The zero-order valence-corrected chi connectivity index (χ0v) is 14.0. The first-order valence-electron chi connectivity index (χ1n) is 7.00. The van der Waals surface area contributed by atoms with Crippen molar-refractivity contribution >= 4 is 11.3 Å². The lowest BCUT2D eigenvalue weighted by molar-refractivity contribution is 0.489. The van der Waals surface area contributed by atoms with Gasteiger partial charge in [0.25, 0.3) is 0 Å². The van der Waals surface area contributed by atoms with E-state index < -0.39 is 0 Å². The normalized spacial score (nSPS) is 13.7. The number of furan rings is 1. The summed E-state index contributed by atoms with van der Waals surface area (Å²) in [6, 6.07) is 2.38. The number of aryl methyl sites for hydroxylation is 2. The van der Waals surface area contributed by atoms with Gasteiger partial charge in [-0.15, -0.1) is 11.3 Å². The molecule has 1 atom stereocenters. The van der Waals surface area contributed by atoms with Gasteiger partial charge < -0.3 is 9.73 Å². The molecule has 110 valence electrons. The maximum atomic E-state index is 5.64. The van der Waals surface area contributed by atoms with Crippen LogP contribution < -0.4 is 5.32 Å². The highest BCUT2D eigenvalue weighted by Crippen LogP contribution is 2.28. The van der Waals surface area contributed by atoms with E-state index in [2.05, 4.69) is 37.5 Å². The molecule has 0 saturated heterocycles. The van der Waals surface area contributed by atoms with Crippen molar-refractivity contribution in [1.82, 2.24) is 10.3 Å². The third-order valence-corrected chi connectivity index (χ3v) is 4.37. The van der Waals surface area contributed by atoms with E-state index in [4.69, 9.17) is 9.40 Å². The number of aromatic nitrogens is 1. The zero-order valence-electron chi connectivity index (χ0n) is 13.2. The molecule has 20 heavy (non-hydrogen) atoms. The molecule has 3 nitrogen and oxygen atoms in total. The van der Waals surface area contributed by atoms with Gasteiger partial charge in [0.1, 0.15) is 11.5 Å². The van der Waals surface area contributed by atoms with Gasteiger partial charge in [0.05, 0.1) is 10.7 Å². The highest BCUT2D eigenvalue weighted by Gasteiger charge is 2.21. The van der Waals surface area contributed by atoms with Crippen molar-refractivity contribution in [2.75, 3.05) is 7.05 Å². The topological polar surface area (TPSA) is 38.1 Å². The van der Waals surface area contributed by atoms with Crippen molar-refractivity contribution < 1.29 is 4.42 Å². The van der Waals surface area contributed by atoms with Crippen molar-refractivity contribution in [1.29, 1.82) is 0 Å². The third-order valence-electron chi connectivity index (χ3n) is 3.50. The van der Waals surface area contributed by atoms with E-state index in [-0.39, 0.29) is 11.5 Å². The quantitative estimate of drug-likeness (QED) is 0.919. The van der Waals surface area contributed by atoms with Crippen molar-refractivity contribution in [2.45, 2.75) is 52.5 Å². The molecule has 0 aromatic carbocycles. The van der Waals surface area contributed by atoms with Crippen LogP contribution in [0.4, 0.5) is 0 Å². The van der Waals surface area contributed by atoms with E-state index in [0.29, 0.717) is 0 Å². The van der Waals surface area contributed by atoms with Gasteiger partial charge in [-0.1, -0.05) is 20.8 Å². The summed E-state index contributed by atoms with van der Waals surface area (Å²) in [5.74, 6) is 1.96. The average molecular weight is 292 g/mol. The molecule has 1 N–H and O–H groups in total. The summed E-state index contributed by atoms with van der Waals surface area (Å²) in [4.78, 5) is 4.78. The second-order valence-corrected chi connectivity index (χ2v) is 7.23. The molecule has 0 saturated carbocycles. The monoisotopic (exact) mass is 292 g/mol. The molecule has 4 heteroatoms. The SMILES string of the molecule is CNC(Cc1nc(C(C)(C)C)cs1)c1cc(C)oc1C. The van der Waals surface area contributed by atoms with E-state index >= 15 is 0 Å². The second-order valence-electron chi connectivity index (χ2n) is 6.29. The summed E-state index contributed by atoms with van der Waals surface area (Å²) in [5, 5.41) is 6.73. The summed E-state index contributed by atoms with van der Waals surface area (Å²) in [7, 11) is 1.99. The molecule has 1 unspecified atom stereocenters. The average Bonchev–Trinajstić information content (AvgIpc) is 2.92. The molecule has 0 bridgehead atoms. The van der Waals surface area contributed by atoms with Crippen LogP contribution in [0.25, 0.3) is 0 Å². The Hall–Kier alpha value is -1.13. The molecule has 0 radical (unpaired) electrons. The molecule has 0 aliphatic carbocycles. The summed E-state index contributed by atoms with van der Waals surface area (Å²) in [6.07, 6.45) is 0.900. The fourth-order valence-electron chi connectivity index (χ4n) is 2.29. The van der Waals surface area contributed by atoms with Crippen LogP contribution in [0.2, 0.25) is 0 Å². The Morgan fingerprint density at radius 2 is 2.05 bits per heavy atom. The van der Waals surface area contributed by atoms with Crippen molar-refractivity contribution in [3.05, 3.63) is 39.2 Å². The van der Waals surface area contributed by atoms with Crippen LogP contribution in [0.15, 0.2) is 15.9 Å². The molecule has 2 aromatic rings. The Bertz CT molecular complexity index is 578. The molecular formula is C16H24N2OS. The van der Waals surface area contributed by atoms with E-state index in [1.54, 1.807) is 11.3 Å². The summed E-state index contributed by atoms with van der Waals surface area (Å²) >= 11 is 1.75. The lowest BCUT2D eigenvalue weighted by Crippen LogP contribution is -2.19. The van der Waals surface area contributed by atoms with Crippen LogP contribution in [-0.4, -0.2) is 12.0 Å².